The molecule has 160 valence electrons. The van der Waals surface area contributed by atoms with Gasteiger partial charge in [-0.1, -0.05) is 24.3 Å². The van der Waals surface area contributed by atoms with E-state index in [1.807, 2.05) is 23.6 Å². The van der Waals surface area contributed by atoms with E-state index in [2.05, 4.69) is 16.0 Å². The van der Waals surface area contributed by atoms with Crippen molar-refractivity contribution in [1.29, 1.82) is 0 Å². The highest BCUT2D eigenvalue weighted by Crippen LogP contribution is 2.16. The monoisotopic (exact) mass is 445 g/mol. The van der Waals surface area contributed by atoms with Crippen molar-refractivity contribution in [2.75, 3.05) is 10.6 Å². The van der Waals surface area contributed by atoms with Gasteiger partial charge in [0.1, 0.15) is 0 Å². The van der Waals surface area contributed by atoms with Crippen molar-refractivity contribution in [1.82, 2.24) is 5.32 Å². The molecule has 0 spiro atoms. The molecule has 0 saturated carbocycles. The normalized spacial score (nSPS) is 10.4. The molecular weight excluding hydrogens is 426 g/mol. The van der Waals surface area contributed by atoms with Crippen LogP contribution in [0, 0.1) is 0 Å². The van der Waals surface area contributed by atoms with Crippen LogP contribution in [-0.4, -0.2) is 17.7 Å². The molecule has 0 unspecified atom stereocenters. The second kappa shape index (κ2) is 9.76. The smallest absolute Gasteiger partial charge is 0.291 e. The molecule has 0 saturated heterocycles. The average Bonchev–Trinajstić information content (AvgIpc) is 3.53. The fourth-order valence-corrected chi connectivity index (χ4v) is 3.55. The van der Waals surface area contributed by atoms with Gasteiger partial charge in [0, 0.05) is 23.5 Å². The van der Waals surface area contributed by atoms with Crippen LogP contribution in [0.5, 0.6) is 0 Å². The van der Waals surface area contributed by atoms with Gasteiger partial charge < -0.3 is 20.4 Å². The number of thiophene rings is 1. The molecule has 2 aromatic heterocycles. The Hall–Kier alpha value is -4.17. The summed E-state index contributed by atoms with van der Waals surface area (Å²) < 4.78 is 5.06. The number of nitrogens with one attached hydrogen (secondary N) is 3. The fourth-order valence-electron chi connectivity index (χ4n) is 2.93. The van der Waals surface area contributed by atoms with Crippen molar-refractivity contribution in [2.24, 2.45) is 0 Å². The largest absolute Gasteiger partial charge is 0.459 e. The van der Waals surface area contributed by atoms with Crippen molar-refractivity contribution in [3.63, 3.8) is 0 Å². The van der Waals surface area contributed by atoms with E-state index in [9.17, 15) is 14.4 Å². The predicted molar refractivity (Wildman–Crippen MR) is 123 cm³/mol. The third kappa shape index (κ3) is 5.30. The van der Waals surface area contributed by atoms with Gasteiger partial charge in [-0.2, -0.15) is 0 Å². The Kier molecular flexibility index (Phi) is 6.43. The zero-order valence-electron chi connectivity index (χ0n) is 16.8. The number of amides is 3. The third-order valence-corrected chi connectivity index (χ3v) is 5.41. The maximum absolute atomic E-state index is 12.5. The van der Waals surface area contributed by atoms with Crippen molar-refractivity contribution >= 4 is 40.4 Å². The first-order valence-corrected chi connectivity index (χ1v) is 10.6. The van der Waals surface area contributed by atoms with E-state index < -0.39 is 0 Å². The Bertz CT molecular complexity index is 1220. The maximum Gasteiger partial charge on any atom is 0.291 e. The first-order chi connectivity index (χ1) is 15.6. The molecular formula is C24H19N3O4S. The molecule has 0 aliphatic rings. The number of hydrogen-bond acceptors (Lipinski definition) is 5. The van der Waals surface area contributed by atoms with Crippen LogP contribution >= 0.6 is 11.3 Å². The molecule has 0 bridgehead atoms. The second-order valence-electron chi connectivity index (χ2n) is 6.82. The number of carbonyl (C=O) groups excluding carboxylic acids is 3. The molecule has 3 N–H and O–H groups in total. The van der Waals surface area contributed by atoms with Crippen LogP contribution in [0.3, 0.4) is 0 Å². The van der Waals surface area contributed by atoms with Gasteiger partial charge >= 0.3 is 0 Å². The lowest BCUT2D eigenvalue weighted by Gasteiger charge is -2.09. The lowest BCUT2D eigenvalue weighted by Crippen LogP contribution is -2.23. The summed E-state index contributed by atoms with van der Waals surface area (Å²) in [6.07, 6.45) is 1.44. The van der Waals surface area contributed by atoms with Gasteiger partial charge in [0.2, 0.25) is 0 Å². The number of furan rings is 1. The highest BCUT2D eigenvalue weighted by Gasteiger charge is 2.11. The van der Waals surface area contributed by atoms with Gasteiger partial charge in [-0.3, -0.25) is 14.4 Å². The summed E-state index contributed by atoms with van der Waals surface area (Å²) >= 11 is 1.35. The van der Waals surface area contributed by atoms with Gasteiger partial charge in [0.05, 0.1) is 11.1 Å². The number of carbonyl (C=O) groups is 3. The zero-order chi connectivity index (χ0) is 22.3. The Morgan fingerprint density at radius 1 is 0.781 bits per heavy atom. The summed E-state index contributed by atoms with van der Waals surface area (Å²) in [4.78, 5) is 37.3. The molecule has 3 amide bonds. The molecule has 8 heteroatoms. The molecule has 0 aliphatic carbocycles. The van der Waals surface area contributed by atoms with Crippen LogP contribution in [-0.2, 0) is 6.54 Å². The van der Waals surface area contributed by atoms with Crippen molar-refractivity contribution in [3.05, 3.63) is 106 Å². The molecule has 32 heavy (non-hydrogen) atoms. The minimum absolute atomic E-state index is 0.211. The number of hydrogen-bond donors (Lipinski definition) is 3. The highest BCUT2D eigenvalue weighted by atomic mass is 32.1. The van der Waals surface area contributed by atoms with Crippen LogP contribution in [0.25, 0.3) is 0 Å². The third-order valence-electron chi connectivity index (χ3n) is 4.54. The SMILES string of the molecule is O=C(NCc1ccc(NC(=O)c2ccco2)cc1)c1cccc(NC(=O)c2cccs2)c1. The van der Waals surface area contributed by atoms with Gasteiger partial charge in [0.25, 0.3) is 17.7 Å². The van der Waals surface area contributed by atoms with Crippen molar-refractivity contribution in [3.8, 4) is 0 Å². The maximum atomic E-state index is 12.5. The minimum atomic E-state index is -0.331. The summed E-state index contributed by atoms with van der Waals surface area (Å²) in [5, 5.41) is 10.2. The zero-order valence-corrected chi connectivity index (χ0v) is 17.6. The fraction of sp³-hybridized carbons (Fsp3) is 0.0417. The number of benzene rings is 2. The van der Waals surface area contributed by atoms with E-state index in [4.69, 9.17) is 4.42 Å². The molecule has 7 nitrogen and oxygen atoms in total. The van der Waals surface area contributed by atoms with Gasteiger partial charge in [-0.15, -0.1) is 11.3 Å². The van der Waals surface area contributed by atoms with E-state index in [-0.39, 0.29) is 23.5 Å². The Labute approximate surface area is 188 Å². The van der Waals surface area contributed by atoms with Gasteiger partial charge in [-0.05, 0) is 59.5 Å². The molecule has 0 aliphatic heterocycles. The lowest BCUT2D eigenvalue weighted by molar-refractivity contribution is 0.0948. The topological polar surface area (TPSA) is 100 Å². The van der Waals surface area contributed by atoms with Crippen LogP contribution in [0.2, 0.25) is 0 Å². The Balaban J connectivity index is 1.31. The second-order valence-corrected chi connectivity index (χ2v) is 7.77. The summed E-state index contributed by atoms with van der Waals surface area (Å²) in [7, 11) is 0. The number of rotatable bonds is 7. The lowest BCUT2D eigenvalue weighted by atomic mass is 10.1. The molecule has 0 fully saturated rings. The van der Waals surface area contributed by atoms with Crippen LogP contribution < -0.4 is 16.0 Å². The average molecular weight is 446 g/mol. The van der Waals surface area contributed by atoms with Crippen LogP contribution in [0.4, 0.5) is 11.4 Å². The molecule has 4 rings (SSSR count). The Morgan fingerprint density at radius 2 is 1.59 bits per heavy atom. The molecule has 2 aromatic carbocycles. The minimum Gasteiger partial charge on any atom is -0.459 e. The van der Waals surface area contributed by atoms with E-state index in [0.29, 0.717) is 28.4 Å². The van der Waals surface area contributed by atoms with Crippen molar-refractivity contribution in [2.45, 2.75) is 6.54 Å². The standard InChI is InChI=1S/C24H19N3O4S/c28-22(17-4-1-5-19(14-17)27-24(30)21-7-3-13-32-21)25-15-16-8-10-18(11-9-16)26-23(29)20-6-2-12-31-20/h1-14H,15H2,(H,25,28)(H,26,29)(H,27,30). The summed E-state index contributed by atoms with van der Waals surface area (Å²) in [5.41, 5.74) is 2.48. The predicted octanol–water partition coefficient (Wildman–Crippen LogP) is 4.78. The van der Waals surface area contributed by atoms with Gasteiger partial charge in [0.15, 0.2) is 5.76 Å². The van der Waals surface area contributed by atoms with Crippen molar-refractivity contribution < 1.29 is 18.8 Å². The van der Waals surface area contributed by atoms with E-state index in [0.717, 1.165) is 5.56 Å². The first kappa shape index (κ1) is 21.1. The molecule has 2 heterocycles. The van der Waals surface area contributed by atoms with Gasteiger partial charge in [-0.25, -0.2) is 0 Å². The van der Waals surface area contributed by atoms with Crippen LogP contribution in [0.1, 0.15) is 36.1 Å². The quantitative estimate of drug-likeness (QED) is 0.381. The summed E-state index contributed by atoms with van der Waals surface area (Å²) in [6, 6.07) is 20.7. The molecule has 0 radical (unpaired) electrons. The summed E-state index contributed by atoms with van der Waals surface area (Å²) in [5.74, 6) is -0.568. The highest BCUT2D eigenvalue weighted by molar-refractivity contribution is 7.12. The van der Waals surface area contributed by atoms with Crippen LogP contribution in [0.15, 0.2) is 88.9 Å². The Morgan fingerprint density at radius 3 is 2.31 bits per heavy atom. The summed E-state index contributed by atoms with van der Waals surface area (Å²) in [6.45, 7) is 0.316. The first-order valence-electron chi connectivity index (χ1n) is 9.75. The van der Waals surface area contributed by atoms with E-state index >= 15 is 0 Å². The molecule has 0 atom stereocenters. The van der Waals surface area contributed by atoms with E-state index in [1.165, 1.54) is 17.6 Å². The number of anilines is 2. The molecule has 4 aromatic rings. The van der Waals surface area contributed by atoms with E-state index in [1.54, 1.807) is 54.6 Å².